The third-order valence-corrected chi connectivity index (χ3v) is 6.97. The first-order valence-corrected chi connectivity index (χ1v) is 11.4. The van der Waals surface area contributed by atoms with Gasteiger partial charge in [0, 0.05) is 32.6 Å². The smallest absolute Gasteiger partial charge is 0.216 e. The molecular weight excluding hydrogens is 390 g/mol. The molecule has 0 aliphatic heterocycles. The second-order valence-corrected chi connectivity index (χ2v) is 8.99. The summed E-state index contributed by atoms with van der Waals surface area (Å²) in [6.07, 6.45) is 6.55. The molecule has 0 bridgehead atoms. The highest BCUT2D eigenvalue weighted by molar-refractivity contribution is 6.13. The number of furan rings is 1. The van der Waals surface area contributed by atoms with Crippen LogP contribution >= 0.6 is 0 Å². The molecule has 2 aromatic heterocycles. The number of rotatable bonds is 2. The van der Waals surface area contributed by atoms with E-state index in [1.807, 2.05) is 31.4 Å². The summed E-state index contributed by atoms with van der Waals surface area (Å²) in [7, 11) is 2.03. The van der Waals surface area contributed by atoms with E-state index in [-0.39, 0.29) is 0 Å². The Balaban J connectivity index is 1.71. The first-order valence-electron chi connectivity index (χ1n) is 12.9. The molecule has 2 heterocycles. The molecule has 0 saturated heterocycles. The van der Waals surface area contributed by atoms with E-state index < -0.39 is 6.85 Å². The summed E-state index contributed by atoms with van der Waals surface area (Å²) in [5, 5.41) is 1.95. The van der Waals surface area contributed by atoms with Crippen molar-refractivity contribution in [3.63, 3.8) is 0 Å². The lowest BCUT2D eigenvalue weighted by Crippen LogP contribution is -2.30. The monoisotopic (exact) mass is 421 g/mol. The molecule has 0 N–H and O–H groups in total. The molecule has 0 radical (unpaired) electrons. The van der Waals surface area contributed by atoms with Gasteiger partial charge in [0.2, 0.25) is 5.69 Å². The summed E-state index contributed by atoms with van der Waals surface area (Å²) in [5.41, 5.74) is 9.30. The number of aryl methyl sites for hydroxylation is 5. The zero-order valence-corrected chi connectivity index (χ0v) is 18.5. The first-order chi connectivity index (χ1) is 16.8. The average molecular weight is 422 g/mol. The van der Waals surface area contributed by atoms with Crippen LogP contribution in [0.1, 0.15) is 39.2 Å². The van der Waals surface area contributed by atoms with Crippen LogP contribution in [0.4, 0.5) is 0 Å². The van der Waals surface area contributed by atoms with Crippen LogP contribution in [0.5, 0.6) is 0 Å². The quantitative estimate of drug-likeness (QED) is 0.275. The predicted molar refractivity (Wildman–Crippen MR) is 132 cm³/mol. The molecular formula is C30H28NO+. The molecule has 3 aromatic carbocycles. The van der Waals surface area contributed by atoms with E-state index in [9.17, 15) is 0 Å². The Hall–Kier alpha value is -3.39. The molecule has 158 valence electrons. The number of fused-ring (bicyclic) bond motifs is 4. The van der Waals surface area contributed by atoms with Crippen molar-refractivity contribution >= 4 is 21.9 Å². The second kappa shape index (κ2) is 7.34. The van der Waals surface area contributed by atoms with Crippen molar-refractivity contribution in [3.8, 4) is 22.4 Å². The number of benzene rings is 3. The Kier molecular flexibility index (Phi) is 3.73. The molecule has 1 aliphatic carbocycles. The van der Waals surface area contributed by atoms with Gasteiger partial charge in [0.05, 0.1) is 5.56 Å². The topological polar surface area (TPSA) is 17.0 Å². The van der Waals surface area contributed by atoms with E-state index in [2.05, 4.69) is 47.9 Å². The van der Waals surface area contributed by atoms with Crippen molar-refractivity contribution in [2.24, 2.45) is 7.05 Å². The standard InChI is InChI=1S/C30H28NO/c1-19-11-15-24-25-16-12-20(2)28(26-10-6-7-17-31(26)3)30(25)32-29(24)27(19)23-14-13-21-8-4-5-9-22(21)18-23/h6-7,10-18H,4-5,8-9H2,1-3H3/q+1/i1D3. The fraction of sp³-hybridized carbons (Fsp3) is 0.233. The Morgan fingerprint density at radius 1 is 0.812 bits per heavy atom. The molecule has 0 spiro atoms. The van der Waals surface area contributed by atoms with E-state index in [0.29, 0.717) is 16.7 Å². The van der Waals surface area contributed by atoms with Crippen LogP contribution in [-0.4, -0.2) is 0 Å². The van der Waals surface area contributed by atoms with Crippen molar-refractivity contribution in [1.82, 2.24) is 0 Å². The van der Waals surface area contributed by atoms with E-state index >= 15 is 0 Å². The minimum absolute atomic E-state index is 0.336. The Morgan fingerprint density at radius 3 is 2.34 bits per heavy atom. The van der Waals surface area contributed by atoms with Gasteiger partial charge in [-0.3, -0.25) is 0 Å². The third-order valence-electron chi connectivity index (χ3n) is 6.97. The number of aromatic nitrogens is 1. The maximum absolute atomic E-state index is 8.29. The highest BCUT2D eigenvalue weighted by atomic mass is 16.3. The van der Waals surface area contributed by atoms with Gasteiger partial charge in [-0.05, 0) is 73.3 Å². The first kappa shape index (κ1) is 16.3. The molecule has 1 aliphatic rings. The molecule has 0 saturated carbocycles. The lowest BCUT2D eigenvalue weighted by molar-refractivity contribution is -0.660. The number of nitrogens with zero attached hydrogens (tertiary/aromatic N) is 1. The summed E-state index contributed by atoms with van der Waals surface area (Å²) >= 11 is 0. The van der Waals surface area contributed by atoms with E-state index in [1.165, 1.54) is 24.0 Å². The molecule has 2 heteroatoms. The summed E-state index contributed by atoms with van der Waals surface area (Å²) in [4.78, 5) is 0. The summed E-state index contributed by atoms with van der Waals surface area (Å²) in [6.45, 7) is -0.157. The number of pyridine rings is 1. The van der Waals surface area contributed by atoms with E-state index in [4.69, 9.17) is 8.53 Å². The van der Waals surface area contributed by atoms with Gasteiger partial charge in [0.15, 0.2) is 6.20 Å². The lowest BCUT2D eigenvalue weighted by atomic mass is 9.88. The molecule has 0 atom stereocenters. The van der Waals surface area contributed by atoms with Crippen LogP contribution in [0.25, 0.3) is 44.3 Å². The molecule has 0 amide bonds. The van der Waals surface area contributed by atoms with Crippen LogP contribution in [0.3, 0.4) is 0 Å². The SMILES string of the molecule is [2H]C([2H])([2H])c1ccc2c(oc3c(-c4cccc[n+]4C)c(C)ccc32)c1-c1ccc2c(c1)CCCC2. The number of hydrogen-bond donors (Lipinski definition) is 0. The molecule has 32 heavy (non-hydrogen) atoms. The van der Waals surface area contributed by atoms with Crippen LogP contribution in [0.15, 0.2) is 71.3 Å². The highest BCUT2D eigenvalue weighted by Crippen LogP contribution is 2.42. The van der Waals surface area contributed by atoms with Crippen molar-refractivity contribution in [2.45, 2.75) is 39.5 Å². The van der Waals surface area contributed by atoms with Crippen LogP contribution in [0, 0.1) is 13.8 Å². The Bertz CT molecular complexity index is 1610. The zero-order chi connectivity index (χ0) is 24.3. The lowest BCUT2D eigenvalue weighted by Gasteiger charge is -2.17. The van der Waals surface area contributed by atoms with Crippen molar-refractivity contribution < 1.29 is 13.1 Å². The summed E-state index contributed by atoms with van der Waals surface area (Å²) in [5.74, 6) is 0. The van der Waals surface area contributed by atoms with Gasteiger partial charge in [-0.2, -0.15) is 0 Å². The largest absolute Gasteiger partial charge is 0.454 e. The Morgan fingerprint density at radius 2 is 1.56 bits per heavy atom. The molecule has 6 rings (SSSR count). The normalized spacial score (nSPS) is 15.4. The van der Waals surface area contributed by atoms with Gasteiger partial charge in [-0.15, -0.1) is 0 Å². The minimum Gasteiger partial charge on any atom is -0.454 e. The average Bonchev–Trinajstić information content (AvgIpc) is 3.22. The van der Waals surface area contributed by atoms with Crippen LogP contribution < -0.4 is 4.57 Å². The van der Waals surface area contributed by atoms with Crippen molar-refractivity contribution in [3.05, 3.63) is 89.1 Å². The zero-order valence-electron chi connectivity index (χ0n) is 21.5. The Labute approximate surface area is 193 Å². The van der Waals surface area contributed by atoms with Gasteiger partial charge < -0.3 is 4.42 Å². The maximum atomic E-state index is 8.29. The highest BCUT2D eigenvalue weighted by Gasteiger charge is 2.22. The van der Waals surface area contributed by atoms with Crippen molar-refractivity contribution in [2.75, 3.05) is 0 Å². The molecule has 5 aromatic rings. The van der Waals surface area contributed by atoms with Gasteiger partial charge >= 0.3 is 0 Å². The van der Waals surface area contributed by atoms with Gasteiger partial charge in [-0.1, -0.05) is 42.5 Å². The summed E-state index contributed by atoms with van der Waals surface area (Å²) in [6, 6.07) is 20.5. The van der Waals surface area contributed by atoms with Crippen LogP contribution in [0.2, 0.25) is 0 Å². The number of hydrogen-bond acceptors (Lipinski definition) is 1. The summed E-state index contributed by atoms with van der Waals surface area (Å²) < 4.78 is 33.6. The molecule has 0 unspecified atom stereocenters. The third kappa shape index (κ3) is 2.90. The predicted octanol–water partition coefficient (Wildman–Crippen LogP) is 7.24. The van der Waals surface area contributed by atoms with Crippen molar-refractivity contribution in [1.29, 1.82) is 0 Å². The van der Waals surface area contributed by atoms with E-state index in [1.54, 1.807) is 6.07 Å². The minimum atomic E-state index is -2.25. The van der Waals surface area contributed by atoms with E-state index in [0.717, 1.165) is 51.6 Å². The van der Waals surface area contributed by atoms with Gasteiger partial charge in [-0.25, -0.2) is 4.57 Å². The fourth-order valence-electron chi connectivity index (χ4n) is 5.28. The van der Waals surface area contributed by atoms with Crippen LogP contribution in [-0.2, 0) is 19.9 Å². The second-order valence-electron chi connectivity index (χ2n) is 8.99. The molecule has 0 fully saturated rings. The van der Waals surface area contributed by atoms with Gasteiger partial charge in [0.25, 0.3) is 0 Å². The maximum Gasteiger partial charge on any atom is 0.216 e. The fourth-order valence-corrected chi connectivity index (χ4v) is 5.28. The van der Waals surface area contributed by atoms with Gasteiger partial charge in [0.1, 0.15) is 18.2 Å². The molecule has 2 nitrogen and oxygen atoms in total.